The van der Waals surface area contributed by atoms with E-state index in [1.807, 2.05) is 0 Å². The first-order chi connectivity index (χ1) is 10.1. The van der Waals surface area contributed by atoms with E-state index < -0.39 is 0 Å². The molecule has 3 saturated heterocycles. The van der Waals surface area contributed by atoms with Crippen LogP contribution in [-0.2, 0) is 4.79 Å². The zero-order valence-electron chi connectivity index (χ0n) is 12.6. The highest BCUT2D eigenvalue weighted by Gasteiger charge is 2.78. The van der Waals surface area contributed by atoms with Crippen molar-refractivity contribution in [2.24, 2.45) is 29.1 Å². The third-order valence-electron chi connectivity index (χ3n) is 8.49. The Hall–Kier alpha value is -0.450. The minimum Gasteiger partial charge on any atom is -0.392 e. The maximum absolute atomic E-state index is 13.2. The lowest BCUT2D eigenvalue weighted by Gasteiger charge is -2.55. The Morgan fingerprint density at radius 1 is 1.29 bits per heavy atom. The number of Topliss-reactive ketones (excluding diaryl/α,β-unsaturated/α-hetero) is 1. The quantitative estimate of drug-likeness (QED) is 0.712. The number of aliphatic hydroxyl groups excluding tert-OH is 1. The number of piperidine rings is 1. The number of hydrogen-bond acceptors (Lipinski definition) is 4. The van der Waals surface area contributed by atoms with E-state index in [0.29, 0.717) is 35.9 Å². The third kappa shape index (κ3) is 1.03. The summed E-state index contributed by atoms with van der Waals surface area (Å²) in [4.78, 5) is 18.4. The van der Waals surface area contributed by atoms with Gasteiger partial charge in [0.1, 0.15) is 5.78 Å². The minimum atomic E-state index is -0.326. The molecule has 0 aromatic heterocycles. The van der Waals surface area contributed by atoms with Crippen LogP contribution in [-0.4, -0.2) is 58.6 Å². The van der Waals surface area contributed by atoms with Gasteiger partial charge in [0.25, 0.3) is 0 Å². The molecule has 4 nitrogen and oxygen atoms in total. The first-order valence-electron chi connectivity index (χ1n) is 8.84. The Kier molecular flexibility index (Phi) is 1.94. The molecule has 6 aliphatic rings. The van der Waals surface area contributed by atoms with Crippen molar-refractivity contribution in [3.8, 4) is 0 Å². The van der Waals surface area contributed by atoms with Crippen LogP contribution in [0.2, 0.25) is 0 Å². The van der Waals surface area contributed by atoms with Gasteiger partial charge in [0.05, 0.1) is 12.3 Å². The van der Waals surface area contributed by atoms with E-state index in [4.69, 9.17) is 0 Å². The second-order valence-electron chi connectivity index (χ2n) is 8.67. The van der Waals surface area contributed by atoms with Gasteiger partial charge in [0, 0.05) is 35.9 Å². The molecule has 0 aromatic carbocycles. The first kappa shape index (κ1) is 12.0. The highest BCUT2D eigenvalue weighted by Crippen LogP contribution is 2.73. The van der Waals surface area contributed by atoms with E-state index in [9.17, 15) is 9.90 Å². The summed E-state index contributed by atoms with van der Waals surface area (Å²) in [5.74, 6) is 1.62. The summed E-state index contributed by atoms with van der Waals surface area (Å²) < 4.78 is 0. The van der Waals surface area contributed by atoms with E-state index in [1.54, 1.807) is 0 Å². The van der Waals surface area contributed by atoms with Crippen LogP contribution in [0.5, 0.6) is 0 Å². The molecule has 6 rings (SSSR count). The second-order valence-corrected chi connectivity index (χ2v) is 8.67. The average Bonchev–Trinajstić information content (AvgIpc) is 2.99. The Morgan fingerprint density at radius 2 is 2.14 bits per heavy atom. The molecule has 4 unspecified atom stereocenters. The normalized spacial score (nSPS) is 64.4. The van der Waals surface area contributed by atoms with E-state index in [-0.39, 0.29) is 23.4 Å². The number of aliphatic hydroxyl groups is 1. The van der Waals surface area contributed by atoms with Gasteiger partial charge in [-0.3, -0.25) is 14.6 Å². The van der Waals surface area contributed by atoms with Gasteiger partial charge in [-0.25, -0.2) is 0 Å². The maximum Gasteiger partial charge on any atom is 0.144 e. The van der Waals surface area contributed by atoms with Gasteiger partial charge in [-0.05, 0) is 51.0 Å². The topological polar surface area (TPSA) is 43.8 Å². The molecule has 3 aliphatic heterocycles. The van der Waals surface area contributed by atoms with Crippen LogP contribution in [0.1, 0.15) is 32.1 Å². The number of ketones is 1. The number of fused-ring (bicyclic) bond motifs is 2. The smallest absolute Gasteiger partial charge is 0.144 e. The Labute approximate surface area is 125 Å². The molecule has 3 heterocycles. The molecule has 4 bridgehead atoms. The van der Waals surface area contributed by atoms with Gasteiger partial charge >= 0.3 is 0 Å². The maximum atomic E-state index is 13.2. The van der Waals surface area contributed by atoms with Gasteiger partial charge in [-0.15, -0.1) is 0 Å². The van der Waals surface area contributed by atoms with Gasteiger partial charge in [0.15, 0.2) is 0 Å². The van der Waals surface area contributed by atoms with Crippen LogP contribution >= 0.6 is 0 Å². The number of hydrogen-bond donors (Lipinski definition) is 1. The molecule has 1 N–H and O–H groups in total. The Morgan fingerprint density at radius 3 is 3.00 bits per heavy atom. The lowest BCUT2D eigenvalue weighted by atomic mass is 9.59. The summed E-state index contributed by atoms with van der Waals surface area (Å²) >= 11 is 0. The molecule has 9 atom stereocenters. The van der Waals surface area contributed by atoms with Crippen molar-refractivity contribution in [1.29, 1.82) is 0 Å². The van der Waals surface area contributed by atoms with Crippen LogP contribution in [0, 0.1) is 29.1 Å². The van der Waals surface area contributed by atoms with Gasteiger partial charge in [-0.1, -0.05) is 0 Å². The summed E-state index contributed by atoms with van der Waals surface area (Å²) in [6, 6.07) is 1.08. The summed E-state index contributed by atoms with van der Waals surface area (Å²) in [7, 11) is 2.25. The van der Waals surface area contributed by atoms with Crippen LogP contribution in [0.15, 0.2) is 0 Å². The summed E-state index contributed by atoms with van der Waals surface area (Å²) in [6.45, 7) is 1.14. The molecule has 6 fully saturated rings. The van der Waals surface area contributed by atoms with Crippen molar-refractivity contribution in [3.63, 3.8) is 0 Å². The number of carbonyl (C=O) groups is 1. The van der Waals surface area contributed by atoms with Crippen molar-refractivity contribution in [2.75, 3.05) is 13.6 Å². The monoisotopic (exact) mass is 288 g/mol. The zero-order chi connectivity index (χ0) is 14.1. The van der Waals surface area contributed by atoms with E-state index in [1.165, 1.54) is 12.8 Å². The molecule has 0 radical (unpaired) electrons. The van der Waals surface area contributed by atoms with Crippen LogP contribution in [0.25, 0.3) is 0 Å². The van der Waals surface area contributed by atoms with Crippen molar-refractivity contribution in [3.05, 3.63) is 0 Å². The first-order valence-corrected chi connectivity index (χ1v) is 8.84. The minimum absolute atomic E-state index is 0.00311. The summed E-state index contributed by atoms with van der Waals surface area (Å²) in [5, 5.41) is 10.7. The molecule has 3 saturated carbocycles. The third-order valence-corrected chi connectivity index (χ3v) is 8.49. The molecule has 3 aliphatic carbocycles. The highest BCUT2D eigenvalue weighted by molar-refractivity contribution is 5.90. The van der Waals surface area contributed by atoms with Crippen LogP contribution in [0.3, 0.4) is 0 Å². The lowest BCUT2D eigenvalue weighted by molar-refractivity contribution is -0.129. The number of rotatable bonds is 0. The van der Waals surface area contributed by atoms with E-state index >= 15 is 0 Å². The predicted molar refractivity (Wildman–Crippen MR) is 76.3 cm³/mol. The summed E-state index contributed by atoms with van der Waals surface area (Å²) in [6.07, 6.45) is 6.14. The lowest BCUT2D eigenvalue weighted by Crippen LogP contribution is -2.62. The predicted octanol–water partition coefficient (Wildman–Crippen LogP) is 0.697. The molecule has 0 amide bonds. The molecular formula is C17H24N2O2. The van der Waals surface area contributed by atoms with E-state index in [2.05, 4.69) is 16.8 Å². The van der Waals surface area contributed by atoms with Crippen molar-refractivity contribution >= 4 is 5.78 Å². The fourth-order valence-corrected chi connectivity index (χ4v) is 8.03. The van der Waals surface area contributed by atoms with Crippen LogP contribution < -0.4 is 0 Å². The molecule has 0 aromatic rings. The Balaban J connectivity index is 1.59. The molecular weight excluding hydrogens is 264 g/mol. The Bertz CT molecular complexity index is 551. The van der Waals surface area contributed by atoms with E-state index in [0.717, 1.165) is 25.8 Å². The zero-order valence-corrected chi connectivity index (χ0v) is 12.6. The standard InChI is InChI=1S/C17H24N2O2/c1-18-5-3-10-14-16(21)13-9-6-8(15(13)20)7-11-17(9,14)4-2-12(18)19(10)11/h8-15,20H,2-7H2,1H3/t8-,9-,10?,11-,12-,13?,14?,15-,17?/m0/s1. The molecule has 1 spiro atoms. The fourth-order valence-electron chi connectivity index (χ4n) is 8.03. The molecule has 114 valence electrons. The number of nitrogens with zero attached hydrogens (tertiary/aromatic N) is 2. The van der Waals surface area contributed by atoms with Crippen molar-refractivity contribution in [1.82, 2.24) is 9.80 Å². The largest absolute Gasteiger partial charge is 0.392 e. The van der Waals surface area contributed by atoms with Crippen LogP contribution in [0.4, 0.5) is 0 Å². The average molecular weight is 288 g/mol. The van der Waals surface area contributed by atoms with Gasteiger partial charge in [0.2, 0.25) is 0 Å². The SMILES string of the molecule is CN1CCC2C3C(=O)C4[C@@H](O)[C@@H]5C[C@@H]6N2[C@H]1CCC36[C@H]4C5. The van der Waals surface area contributed by atoms with Crippen molar-refractivity contribution < 1.29 is 9.90 Å². The summed E-state index contributed by atoms with van der Waals surface area (Å²) in [5.41, 5.74) is 0.252. The van der Waals surface area contributed by atoms with Crippen molar-refractivity contribution in [2.45, 2.75) is 56.5 Å². The highest BCUT2D eigenvalue weighted by atomic mass is 16.3. The number of carbonyl (C=O) groups excluding carboxylic acids is 1. The van der Waals surface area contributed by atoms with Gasteiger partial charge < -0.3 is 5.11 Å². The fraction of sp³-hybridized carbons (Fsp3) is 0.941. The van der Waals surface area contributed by atoms with Gasteiger partial charge in [-0.2, -0.15) is 0 Å². The molecule has 21 heavy (non-hydrogen) atoms. The molecule has 4 heteroatoms. The second kappa shape index (κ2) is 3.39.